The fourth-order valence-electron chi connectivity index (χ4n) is 7.02. The van der Waals surface area contributed by atoms with Gasteiger partial charge in [0.2, 0.25) is 21.8 Å². The van der Waals surface area contributed by atoms with Gasteiger partial charge in [0.15, 0.2) is 0 Å². The van der Waals surface area contributed by atoms with E-state index >= 15 is 0 Å². The number of alkyl carbamates (subject to hydrolysis) is 1. The molecule has 16 heteroatoms. The second kappa shape index (κ2) is 14.1. The van der Waals surface area contributed by atoms with Gasteiger partial charge < -0.3 is 25.0 Å². The normalized spacial score (nSPS) is 28.9. The van der Waals surface area contributed by atoms with Gasteiger partial charge in [0.25, 0.3) is 5.91 Å². The highest BCUT2D eigenvalue weighted by Crippen LogP contribution is 2.46. The maximum atomic E-state index is 14.4. The Morgan fingerprint density at radius 1 is 1.06 bits per heavy atom. The molecule has 0 radical (unpaired) electrons. The lowest BCUT2D eigenvalue weighted by Gasteiger charge is -2.30. The highest BCUT2D eigenvalue weighted by Gasteiger charge is 2.62. The average Bonchev–Trinajstić information content (AvgIpc) is 3.93. The van der Waals surface area contributed by atoms with Gasteiger partial charge in [-0.1, -0.05) is 37.1 Å². The van der Waals surface area contributed by atoms with E-state index < -0.39 is 86.2 Å². The van der Waals surface area contributed by atoms with Crippen molar-refractivity contribution in [2.24, 2.45) is 5.92 Å². The van der Waals surface area contributed by atoms with Crippen LogP contribution in [-0.4, -0.2) is 89.2 Å². The third-order valence-corrected chi connectivity index (χ3v) is 11.8. The maximum Gasteiger partial charge on any atom is 0.410 e. The van der Waals surface area contributed by atoms with E-state index in [9.17, 15) is 36.8 Å². The fourth-order valence-corrected chi connectivity index (χ4v) is 8.39. The zero-order chi connectivity index (χ0) is 36.7. The van der Waals surface area contributed by atoms with Gasteiger partial charge in [0.1, 0.15) is 35.1 Å². The van der Waals surface area contributed by atoms with Crippen molar-refractivity contribution in [3.8, 4) is 0 Å². The highest BCUT2D eigenvalue weighted by molar-refractivity contribution is 7.91. The Kier molecular flexibility index (Phi) is 10.1. The van der Waals surface area contributed by atoms with Gasteiger partial charge in [-0.25, -0.2) is 22.4 Å². The molecule has 3 aliphatic heterocycles. The summed E-state index contributed by atoms with van der Waals surface area (Å²) in [5.41, 5.74) is -1.36. The summed E-state index contributed by atoms with van der Waals surface area (Å²) >= 11 is 0. The summed E-state index contributed by atoms with van der Waals surface area (Å²) in [6.07, 6.45) is 5.10. The van der Waals surface area contributed by atoms with E-state index in [2.05, 4.69) is 15.4 Å². The Labute approximate surface area is 296 Å². The second-order valence-electron chi connectivity index (χ2n) is 15.2. The minimum Gasteiger partial charge on any atom is -0.444 e. The third kappa shape index (κ3) is 8.31. The molecular weight excluding hydrogens is 685 g/mol. The lowest BCUT2D eigenvalue weighted by molar-refractivity contribution is -0.141. The predicted molar refractivity (Wildman–Crippen MR) is 180 cm³/mol. The van der Waals surface area contributed by atoms with Crippen molar-refractivity contribution in [1.82, 2.24) is 25.2 Å². The monoisotopic (exact) mass is 731 g/mol. The molecule has 5 atom stereocenters. The van der Waals surface area contributed by atoms with E-state index in [-0.39, 0.29) is 38.9 Å². The number of ether oxygens (including phenoxy) is 2. The minimum atomic E-state index is -3.92. The molecule has 3 N–H and O–H groups in total. The van der Waals surface area contributed by atoms with Crippen LogP contribution in [0.4, 0.5) is 14.0 Å². The number of hydrogen-bond acceptors (Lipinski definition) is 9. The molecule has 5 aliphatic rings. The number of nitrogens with one attached hydrogen (secondary N) is 3. The molecule has 3 fully saturated rings. The summed E-state index contributed by atoms with van der Waals surface area (Å²) in [5.74, 6) is -3.06. The minimum absolute atomic E-state index is 0.00168. The van der Waals surface area contributed by atoms with Crippen molar-refractivity contribution in [1.29, 1.82) is 0 Å². The van der Waals surface area contributed by atoms with Crippen LogP contribution in [0.5, 0.6) is 0 Å². The SMILES string of the molecule is CC(C)(C)OC(=O)NC1CCCCC/C=C/[C@@H]2C[C@@]2(C(=O)NS(=O)(=O)C2CC2)NC(=O)[C@@H]2C[C@@H](OC(=O)N3Cc4cccc(F)c4C3)CN2C1=O. The molecule has 0 aromatic heterocycles. The molecular formula is C35H46FN5O9S. The molecule has 2 saturated carbocycles. The Balaban J connectivity index is 1.25. The van der Waals surface area contributed by atoms with Gasteiger partial charge >= 0.3 is 12.2 Å². The van der Waals surface area contributed by atoms with Gasteiger partial charge in [-0.15, -0.1) is 0 Å². The van der Waals surface area contributed by atoms with Gasteiger partial charge in [-0.05, 0) is 70.9 Å². The van der Waals surface area contributed by atoms with Crippen molar-refractivity contribution in [3.05, 3.63) is 47.3 Å². The van der Waals surface area contributed by atoms with Crippen LogP contribution < -0.4 is 15.4 Å². The molecule has 0 bridgehead atoms. The molecule has 1 saturated heterocycles. The van der Waals surface area contributed by atoms with E-state index in [0.29, 0.717) is 36.8 Å². The van der Waals surface area contributed by atoms with Crippen LogP contribution in [0.2, 0.25) is 0 Å². The third-order valence-electron chi connectivity index (χ3n) is 9.99. The fraction of sp³-hybridized carbons (Fsp3) is 0.629. The van der Waals surface area contributed by atoms with Crippen LogP contribution in [0.15, 0.2) is 30.4 Å². The smallest absolute Gasteiger partial charge is 0.410 e. The highest BCUT2D eigenvalue weighted by atomic mass is 32.2. The Hall–Kier alpha value is -4.21. The second-order valence-corrected chi connectivity index (χ2v) is 17.2. The molecule has 14 nitrogen and oxygen atoms in total. The van der Waals surface area contributed by atoms with Crippen molar-refractivity contribution < 1.29 is 46.3 Å². The maximum absolute atomic E-state index is 14.4. The van der Waals surface area contributed by atoms with E-state index in [1.54, 1.807) is 32.9 Å². The van der Waals surface area contributed by atoms with E-state index in [0.717, 1.165) is 12.8 Å². The van der Waals surface area contributed by atoms with Gasteiger partial charge in [0, 0.05) is 24.4 Å². The standard InChI is InChI=1S/C35H46FN5O9S/c1-34(2,3)50-32(45)37-27-13-8-6-4-5-7-11-22-17-35(22,31(44)39-51(47,48)24-14-15-24)38-29(42)28-16-23(19-41(28)30(27)43)49-33(46)40-18-21-10-9-12-26(36)25(21)20-40/h7,9-12,22-24,27-28H,4-6,8,13-20H2,1-3H3,(H,37,45)(H,38,42)(H,39,44)/b11-7+/t22-,23-,27?,28+,35-/m1/s1. The van der Waals surface area contributed by atoms with Crippen molar-refractivity contribution >= 4 is 39.9 Å². The van der Waals surface area contributed by atoms with Gasteiger partial charge in [0.05, 0.1) is 18.3 Å². The number of amides is 5. The van der Waals surface area contributed by atoms with E-state index in [1.165, 1.54) is 15.9 Å². The predicted octanol–water partition coefficient (Wildman–Crippen LogP) is 3.14. The number of fused-ring (bicyclic) bond motifs is 3. The zero-order valence-electron chi connectivity index (χ0n) is 29.1. The summed E-state index contributed by atoms with van der Waals surface area (Å²) in [6, 6.07) is 2.30. The van der Waals surface area contributed by atoms with Crippen LogP contribution in [0.1, 0.15) is 89.7 Å². The molecule has 5 amide bonds. The topological polar surface area (TPSA) is 181 Å². The zero-order valence-corrected chi connectivity index (χ0v) is 29.9. The van der Waals surface area contributed by atoms with Crippen LogP contribution in [-0.2, 0) is 47.0 Å². The van der Waals surface area contributed by atoms with E-state index in [4.69, 9.17) is 9.47 Å². The molecule has 3 heterocycles. The van der Waals surface area contributed by atoms with Gasteiger partial charge in [-0.3, -0.25) is 24.0 Å². The molecule has 2 aliphatic carbocycles. The van der Waals surface area contributed by atoms with Crippen LogP contribution in [0, 0.1) is 11.7 Å². The Bertz CT molecular complexity index is 1730. The average molecular weight is 732 g/mol. The van der Waals surface area contributed by atoms with Gasteiger partial charge in [-0.2, -0.15) is 0 Å². The summed E-state index contributed by atoms with van der Waals surface area (Å²) < 4.78 is 53.3. The van der Waals surface area contributed by atoms with Crippen LogP contribution >= 0.6 is 0 Å². The lowest BCUT2D eigenvalue weighted by Crippen LogP contribution is -2.58. The summed E-state index contributed by atoms with van der Waals surface area (Å²) in [7, 11) is -3.92. The molecule has 0 spiro atoms. The number of halogens is 1. The first-order valence-electron chi connectivity index (χ1n) is 17.6. The molecule has 1 unspecified atom stereocenters. The first-order valence-corrected chi connectivity index (χ1v) is 19.2. The Morgan fingerprint density at radius 2 is 1.82 bits per heavy atom. The van der Waals surface area contributed by atoms with Crippen LogP contribution in [0.25, 0.3) is 0 Å². The number of sulfonamides is 1. The lowest BCUT2D eigenvalue weighted by atomic mass is 10.0. The number of carbonyl (C=O) groups is 5. The van der Waals surface area contributed by atoms with Crippen LogP contribution in [0.3, 0.4) is 0 Å². The van der Waals surface area contributed by atoms with Crippen molar-refractivity contribution in [3.63, 3.8) is 0 Å². The molecule has 1 aromatic rings. The molecule has 278 valence electrons. The number of allylic oxidation sites excluding steroid dienone is 1. The number of benzene rings is 1. The summed E-state index contributed by atoms with van der Waals surface area (Å²) in [5, 5.41) is 4.79. The largest absolute Gasteiger partial charge is 0.444 e. The van der Waals surface area contributed by atoms with E-state index in [1.807, 2.05) is 12.2 Å². The Morgan fingerprint density at radius 3 is 2.53 bits per heavy atom. The molecule has 51 heavy (non-hydrogen) atoms. The molecule has 6 rings (SSSR count). The number of hydrogen-bond donors (Lipinski definition) is 3. The quantitative estimate of drug-likeness (QED) is 0.384. The first-order chi connectivity index (χ1) is 24.1. The number of nitrogens with zero attached hydrogens (tertiary/aromatic N) is 2. The number of rotatable bonds is 5. The summed E-state index contributed by atoms with van der Waals surface area (Å²) in [6.45, 7) is 5.01. The summed E-state index contributed by atoms with van der Waals surface area (Å²) in [4.78, 5) is 70.8. The van der Waals surface area contributed by atoms with Crippen molar-refractivity contribution in [2.75, 3.05) is 6.54 Å². The molecule has 1 aromatic carbocycles. The van der Waals surface area contributed by atoms with Crippen molar-refractivity contribution in [2.45, 2.75) is 126 Å². The first kappa shape index (κ1) is 36.6. The number of carbonyl (C=O) groups excluding carboxylic acids is 5.